The molecule has 0 saturated carbocycles. The lowest BCUT2D eigenvalue weighted by Gasteiger charge is -2.09. The molecule has 0 fully saturated rings. The van der Waals surface area contributed by atoms with Crippen molar-refractivity contribution in [3.8, 4) is 0 Å². The number of carboxylic acids is 1. The van der Waals surface area contributed by atoms with Gasteiger partial charge in [0.25, 0.3) is 0 Å². The van der Waals surface area contributed by atoms with Gasteiger partial charge >= 0.3 is 5.97 Å². The molecule has 4 nitrogen and oxygen atoms in total. The molecular formula is C6H7NO3. The number of hydrogen-bond acceptors (Lipinski definition) is 2. The number of rotatable bonds is 1. The molecule has 0 aromatic carbocycles. The number of aliphatic carboxylic acids is 1. The van der Waals surface area contributed by atoms with Gasteiger partial charge in [-0.2, -0.15) is 0 Å². The monoisotopic (exact) mass is 141 g/mol. The van der Waals surface area contributed by atoms with E-state index in [0.29, 0.717) is 12.8 Å². The van der Waals surface area contributed by atoms with Crippen LogP contribution in [0.1, 0.15) is 12.8 Å². The molecule has 4 heteroatoms. The van der Waals surface area contributed by atoms with Gasteiger partial charge in [-0.05, 0) is 6.42 Å². The van der Waals surface area contributed by atoms with Crippen LogP contribution >= 0.6 is 0 Å². The molecule has 1 amide bonds. The van der Waals surface area contributed by atoms with Crippen LogP contribution in [0.5, 0.6) is 0 Å². The second-order valence-electron chi connectivity index (χ2n) is 2.01. The maximum atomic E-state index is 10.6. The van der Waals surface area contributed by atoms with Crippen LogP contribution in [-0.2, 0) is 9.59 Å². The van der Waals surface area contributed by atoms with Gasteiger partial charge in [0, 0.05) is 6.42 Å². The number of allylic oxidation sites excluding steroid dienone is 1. The molecule has 54 valence electrons. The molecule has 0 saturated heterocycles. The van der Waals surface area contributed by atoms with Crippen molar-refractivity contribution in [2.24, 2.45) is 0 Å². The summed E-state index contributed by atoms with van der Waals surface area (Å²) in [4.78, 5) is 20.8. The topological polar surface area (TPSA) is 66.4 Å². The average Bonchev–Trinajstić information content (AvgIpc) is 1.88. The van der Waals surface area contributed by atoms with E-state index in [9.17, 15) is 9.59 Å². The van der Waals surface area contributed by atoms with Gasteiger partial charge in [-0.25, -0.2) is 4.79 Å². The molecule has 1 aliphatic rings. The fraction of sp³-hybridized carbons (Fsp3) is 0.333. The van der Waals surface area contributed by atoms with Crippen LogP contribution in [0, 0.1) is 0 Å². The van der Waals surface area contributed by atoms with Crippen molar-refractivity contribution in [1.29, 1.82) is 0 Å². The lowest BCUT2D eigenvalue weighted by Crippen LogP contribution is -2.29. The van der Waals surface area contributed by atoms with Crippen LogP contribution in [0.25, 0.3) is 0 Å². The van der Waals surface area contributed by atoms with Crippen LogP contribution in [0.3, 0.4) is 0 Å². The van der Waals surface area contributed by atoms with Crippen LogP contribution < -0.4 is 5.32 Å². The van der Waals surface area contributed by atoms with Gasteiger partial charge in [0.05, 0.1) is 0 Å². The van der Waals surface area contributed by atoms with Gasteiger partial charge in [-0.15, -0.1) is 0 Å². The molecule has 1 rings (SSSR count). The number of carboxylic acid groups (broad SMARTS) is 1. The third kappa shape index (κ3) is 1.34. The maximum Gasteiger partial charge on any atom is 0.352 e. The number of amides is 1. The minimum absolute atomic E-state index is 0.00347. The highest BCUT2D eigenvalue weighted by Crippen LogP contribution is 2.03. The molecular weight excluding hydrogens is 134 g/mol. The number of carbonyl (C=O) groups is 2. The number of hydrogen-bond donors (Lipinski definition) is 2. The average molecular weight is 141 g/mol. The Morgan fingerprint density at radius 1 is 1.70 bits per heavy atom. The van der Waals surface area contributed by atoms with E-state index >= 15 is 0 Å². The van der Waals surface area contributed by atoms with Gasteiger partial charge in [-0.1, -0.05) is 6.08 Å². The largest absolute Gasteiger partial charge is 0.477 e. The van der Waals surface area contributed by atoms with E-state index in [1.807, 2.05) is 0 Å². The SMILES string of the molecule is O=C1CCC=C(C(=O)O)N1. The first-order chi connectivity index (χ1) is 4.70. The summed E-state index contributed by atoms with van der Waals surface area (Å²) in [6.07, 6.45) is 2.41. The smallest absolute Gasteiger partial charge is 0.352 e. The Bertz CT molecular complexity index is 207. The third-order valence-corrected chi connectivity index (χ3v) is 1.22. The molecule has 0 unspecified atom stereocenters. The summed E-state index contributed by atoms with van der Waals surface area (Å²) in [6.45, 7) is 0. The van der Waals surface area contributed by atoms with Crippen molar-refractivity contribution >= 4 is 11.9 Å². The molecule has 2 N–H and O–H groups in total. The summed E-state index contributed by atoms with van der Waals surface area (Å²) in [5, 5.41) is 10.6. The molecule has 0 radical (unpaired) electrons. The van der Waals surface area contributed by atoms with Gasteiger partial charge in [-0.3, -0.25) is 4.79 Å². The molecule has 10 heavy (non-hydrogen) atoms. The zero-order chi connectivity index (χ0) is 7.56. The number of carbonyl (C=O) groups excluding carboxylic acids is 1. The Hall–Kier alpha value is -1.32. The van der Waals surface area contributed by atoms with E-state index in [2.05, 4.69) is 5.32 Å². The lowest BCUT2D eigenvalue weighted by atomic mass is 10.2. The molecule has 0 spiro atoms. The van der Waals surface area contributed by atoms with Gasteiger partial charge in [0.2, 0.25) is 5.91 Å². The standard InChI is InChI=1S/C6H7NO3/c8-5-3-1-2-4(7-5)6(9)10/h2H,1,3H2,(H,7,8)(H,9,10). The molecule has 0 atom stereocenters. The highest BCUT2D eigenvalue weighted by molar-refractivity contribution is 5.93. The minimum Gasteiger partial charge on any atom is -0.477 e. The maximum absolute atomic E-state index is 10.6. The first-order valence-electron chi connectivity index (χ1n) is 2.93. The molecule has 0 bridgehead atoms. The Kier molecular flexibility index (Phi) is 1.71. The van der Waals surface area contributed by atoms with E-state index in [4.69, 9.17) is 5.11 Å². The summed E-state index contributed by atoms with van der Waals surface area (Å²) < 4.78 is 0. The van der Waals surface area contributed by atoms with E-state index in [1.165, 1.54) is 6.08 Å². The van der Waals surface area contributed by atoms with Crippen molar-refractivity contribution in [1.82, 2.24) is 5.32 Å². The molecule has 1 aliphatic heterocycles. The minimum atomic E-state index is -1.08. The van der Waals surface area contributed by atoms with Gasteiger partial charge in [0.1, 0.15) is 5.70 Å². The predicted octanol–water partition coefficient (Wildman–Crippen LogP) is -0.135. The zero-order valence-electron chi connectivity index (χ0n) is 5.26. The molecule has 0 aromatic rings. The van der Waals surface area contributed by atoms with Crippen LogP contribution in [0.4, 0.5) is 0 Å². The Balaban J connectivity index is 2.69. The fourth-order valence-corrected chi connectivity index (χ4v) is 0.752. The number of nitrogens with one attached hydrogen (secondary N) is 1. The van der Waals surface area contributed by atoms with Crippen molar-refractivity contribution in [2.45, 2.75) is 12.8 Å². The molecule has 0 aromatic heterocycles. The summed E-state index contributed by atoms with van der Waals surface area (Å²) in [6, 6.07) is 0. The van der Waals surface area contributed by atoms with Crippen molar-refractivity contribution in [2.75, 3.05) is 0 Å². The van der Waals surface area contributed by atoms with Crippen LogP contribution in [-0.4, -0.2) is 17.0 Å². The van der Waals surface area contributed by atoms with E-state index in [-0.39, 0.29) is 11.6 Å². The van der Waals surface area contributed by atoms with Crippen molar-refractivity contribution < 1.29 is 14.7 Å². The lowest BCUT2D eigenvalue weighted by molar-refractivity contribution is -0.135. The van der Waals surface area contributed by atoms with Crippen molar-refractivity contribution in [3.63, 3.8) is 0 Å². The van der Waals surface area contributed by atoms with E-state index in [0.717, 1.165) is 0 Å². The molecule has 0 aliphatic carbocycles. The quantitative estimate of drug-likeness (QED) is 0.534. The van der Waals surface area contributed by atoms with Crippen LogP contribution in [0.2, 0.25) is 0 Å². The summed E-state index contributed by atoms with van der Waals surface area (Å²) in [5.74, 6) is -1.30. The highest BCUT2D eigenvalue weighted by atomic mass is 16.4. The Morgan fingerprint density at radius 3 is 2.80 bits per heavy atom. The predicted molar refractivity (Wildman–Crippen MR) is 33.1 cm³/mol. The molecule has 1 heterocycles. The zero-order valence-corrected chi connectivity index (χ0v) is 5.26. The Labute approximate surface area is 57.5 Å². The first-order valence-corrected chi connectivity index (χ1v) is 2.93. The normalized spacial score (nSPS) is 17.6. The van der Waals surface area contributed by atoms with Gasteiger partial charge < -0.3 is 10.4 Å². The fourth-order valence-electron chi connectivity index (χ4n) is 0.752. The van der Waals surface area contributed by atoms with Crippen LogP contribution in [0.15, 0.2) is 11.8 Å². The van der Waals surface area contributed by atoms with E-state index < -0.39 is 5.97 Å². The van der Waals surface area contributed by atoms with Gasteiger partial charge in [0.15, 0.2) is 0 Å². The summed E-state index contributed by atoms with van der Waals surface area (Å²) in [7, 11) is 0. The third-order valence-electron chi connectivity index (χ3n) is 1.22. The van der Waals surface area contributed by atoms with Crippen molar-refractivity contribution in [3.05, 3.63) is 11.8 Å². The summed E-state index contributed by atoms with van der Waals surface area (Å²) >= 11 is 0. The second kappa shape index (κ2) is 2.51. The Morgan fingerprint density at radius 2 is 2.40 bits per heavy atom. The highest BCUT2D eigenvalue weighted by Gasteiger charge is 2.14. The van der Waals surface area contributed by atoms with E-state index in [1.54, 1.807) is 0 Å². The summed E-state index contributed by atoms with van der Waals surface area (Å²) in [5.41, 5.74) is -0.00347. The second-order valence-corrected chi connectivity index (χ2v) is 2.01. The first kappa shape index (κ1) is 6.80.